The van der Waals surface area contributed by atoms with E-state index in [-0.39, 0.29) is 0 Å². The van der Waals surface area contributed by atoms with Gasteiger partial charge in [0.1, 0.15) is 5.84 Å². The Morgan fingerprint density at radius 3 is 2.45 bits per heavy atom. The summed E-state index contributed by atoms with van der Waals surface area (Å²) in [5.41, 5.74) is 20.6. The molecule has 0 aliphatic carbocycles. The number of benzene rings is 3. The fraction of sp³-hybridized carbons (Fsp3) is 0.0556. The number of anilines is 2. The van der Waals surface area contributed by atoms with E-state index < -0.39 is 0 Å². The van der Waals surface area contributed by atoms with Crippen LogP contribution in [0.2, 0.25) is 0 Å². The summed E-state index contributed by atoms with van der Waals surface area (Å²) in [6, 6.07) is 19.7. The normalized spacial score (nSPS) is 11.7. The van der Waals surface area contributed by atoms with Gasteiger partial charge >= 0.3 is 0 Å². The molecule has 0 amide bonds. The van der Waals surface area contributed by atoms with Crippen molar-refractivity contribution in [2.45, 2.75) is 6.54 Å². The first-order valence-corrected chi connectivity index (χ1v) is 7.07. The average molecular weight is 290 g/mol. The molecule has 0 bridgehead atoms. The lowest BCUT2D eigenvalue weighted by atomic mass is 10.0. The molecule has 0 fully saturated rings. The molecule has 3 aromatic carbocycles. The largest absolute Gasteiger partial charge is 0.397 e. The molecule has 22 heavy (non-hydrogen) atoms. The fourth-order valence-electron chi connectivity index (χ4n) is 2.43. The Kier molecular flexibility index (Phi) is 3.66. The number of nitrogens with zero attached hydrogens (tertiary/aromatic N) is 1. The molecule has 3 rings (SSSR count). The maximum atomic E-state index is 6.06. The molecule has 0 aliphatic rings. The maximum Gasteiger partial charge on any atom is 0.126 e. The van der Waals surface area contributed by atoms with Gasteiger partial charge in [0.2, 0.25) is 0 Å². The smallest absolute Gasteiger partial charge is 0.126 e. The summed E-state index contributed by atoms with van der Waals surface area (Å²) < 4.78 is 0. The van der Waals surface area contributed by atoms with Gasteiger partial charge in [-0.1, -0.05) is 42.5 Å². The van der Waals surface area contributed by atoms with Crippen LogP contribution in [0.4, 0.5) is 11.4 Å². The van der Waals surface area contributed by atoms with Crippen molar-refractivity contribution >= 4 is 28.0 Å². The second-order valence-corrected chi connectivity index (χ2v) is 5.18. The Morgan fingerprint density at radius 2 is 1.64 bits per heavy atom. The van der Waals surface area contributed by atoms with E-state index >= 15 is 0 Å². The third kappa shape index (κ3) is 2.72. The number of rotatable bonds is 3. The number of amidine groups is 1. The molecule has 0 atom stereocenters. The van der Waals surface area contributed by atoms with Gasteiger partial charge in [0.05, 0.1) is 17.9 Å². The lowest BCUT2D eigenvalue weighted by Gasteiger charge is -2.07. The zero-order valence-corrected chi connectivity index (χ0v) is 12.2. The molecule has 4 heteroatoms. The first kappa shape index (κ1) is 13.9. The fourth-order valence-corrected chi connectivity index (χ4v) is 2.43. The molecule has 0 heterocycles. The highest BCUT2D eigenvalue weighted by atomic mass is 14.8. The summed E-state index contributed by atoms with van der Waals surface area (Å²) in [7, 11) is 0. The monoisotopic (exact) mass is 290 g/mol. The highest BCUT2D eigenvalue weighted by molar-refractivity contribution is 5.99. The summed E-state index contributed by atoms with van der Waals surface area (Å²) >= 11 is 0. The second-order valence-electron chi connectivity index (χ2n) is 5.18. The summed E-state index contributed by atoms with van der Waals surface area (Å²) in [6.45, 7) is 0.525. The van der Waals surface area contributed by atoms with E-state index in [0.717, 1.165) is 11.1 Å². The minimum Gasteiger partial charge on any atom is -0.397 e. The van der Waals surface area contributed by atoms with Gasteiger partial charge in [0.25, 0.3) is 0 Å². The molecule has 0 radical (unpaired) electrons. The predicted octanol–water partition coefficient (Wildman–Crippen LogP) is 2.91. The van der Waals surface area contributed by atoms with Crippen molar-refractivity contribution < 1.29 is 0 Å². The van der Waals surface area contributed by atoms with E-state index in [2.05, 4.69) is 29.3 Å². The van der Waals surface area contributed by atoms with Crippen LogP contribution >= 0.6 is 0 Å². The van der Waals surface area contributed by atoms with E-state index in [1.807, 2.05) is 24.3 Å². The van der Waals surface area contributed by atoms with Crippen LogP contribution in [-0.4, -0.2) is 5.84 Å². The number of fused-ring (bicyclic) bond motifs is 1. The SMILES string of the molecule is NC(=NCc1cccc2ccccc12)c1ccc(N)c(N)c1. The average Bonchev–Trinajstić information content (AvgIpc) is 2.55. The minimum atomic E-state index is 0.458. The molecular weight excluding hydrogens is 272 g/mol. The standard InChI is InChI=1S/C18H18N4/c19-16-9-8-13(10-17(16)20)18(21)22-11-14-6-3-5-12-4-1-2-7-15(12)14/h1-10H,11,19-20H2,(H2,21,22). The molecule has 0 unspecified atom stereocenters. The first-order chi connectivity index (χ1) is 10.6. The van der Waals surface area contributed by atoms with Crippen LogP contribution in [-0.2, 0) is 6.54 Å². The molecule has 0 aliphatic heterocycles. The molecule has 0 saturated carbocycles. The van der Waals surface area contributed by atoms with Crippen LogP contribution in [0.15, 0.2) is 65.7 Å². The summed E-state index contributed by atoms with van der Waals surface area (Å²) in [5, 5.41) is 2.39. The maximum absolute atomic E-state index is 6.06. The Balaban J connectivity index is 1.90. The number of nitrogens with two attached hydrogens (primary N) is 3. The van der Waals surface area contributed by atoms with E-state index in [1.54, 1.807) is 12.1 Å². The van der Waals surface area contributed by atoms with Crippen LogP contribution in [0.1, 0.15) is 11.1 Å². The predicted molar refractivity (Wildman–Crippen MR) is 93.6 cm³/mol. The topological polar surface area (TPSA) is 90.4 Å². The van der Waals surface area contributed by atoms with Crippen molar-refractivity contribution in [1.82, 2.24) is 0 Å². The number of hydrogen-bond acceptors (Lipinski definition) is 3. The zero-order valence-electron chi connectivity index (χ0n) is 12.2. The lowest BCUT2D eigenvalue weighted by Crippen LogP contribution is -2.14. The van der Waals surface area contributed by atoms with Crippen molar-refractivity contribution in [3.63, 3.8) is 0 Å². The molecule has 6 N–H and O–H groups in total. The summed E-state index contributed by atoms with van der Waals surface area (Å²) in [6.07, 6.45) is 0. The third-order valence-electron chi connectivity index (χ3n) is 3.68. The lowest BCUT2D eigenvalue weighted by molar-refractivity contribution is 1.08. The van der Waals surface area contributed by atoms with E-state index in [1.165, 1.54) is 10.8 Å². The second kappa shape index (κ2) is 5.77. The molecule has 110 valence electrons. The van der Waals surface area contributed by atoms with Crippen LogP contribution in [0.3, 0.4) is 0 Å². The molecule has 4 nitrogen and oxygen atoms in total. The van der Waals surface area contributed by atoms with Crippen LogP contribution in [0, 0.1) is 0 Å². The highest BCUT2D eigenvalue weighted by Gasteiger charge is 2.03. The van der Waals surface area contributed by atoms with Crippen molar-refractivity contribution in [2.75, 3.05) is 11.5 Å². The zero-order chi connectivity index (χ0) is 15.5. The first-order valence-electron chi connectivity index (χ1n) is 7.07. The third-order valence-corrected chi connectivity index (χ3v) is 3.68. The number of aliphatic imine (C=N–C) groups is 1. The summed E-state index contributed by atoms with van der Waals surface area (Å²) in [5.74, 6) is 0.458. The van der Waals surface area contributed by atoms with Gasteiger partial charge < -0.3 is 17.2 Å². The summed E-state index contributed by atoms with van der Waals surface area (Å²) in [4.78, 5) is 4.48. The Hall–Kier alpha value is -3.01. The van der Waals surface area contributed by atoms with Crippen molar-refractivity contribution in [1.29, 1.82) is 0 Å². The molecule has 0 aromatic heterocycles. The Labute approximate surface area is 129 Å². The van der Waals surface area contributed by atoms with Crippen LogP contribution in [0.5, 0.6) is 0 Å². The van der Waals surface area contributed by atoms with Crippen molar-refractivity contribution in [3.8, 4) is 0 Å². The van der Waals surface area contributed by atoms with E-state index in [4.69, 9.17) is 17.2 Å². The molecule has 0 spiro atoms. The molecule has 0 saturated heterocycles. The van der Waals surface area contributed by atoms with Gasteiger partial charge in [-0.05, 0) is 34.5 Å². The van der Waals surface area contributed by atoms with Gasteiger partial charge in [-0.15, -0.1) is 0 Å². The minimum absolute atomic E-state index is 0.458. The van der Waals surface area contributed by atoms with Gasteiger partial charge in [0, 0.05) is 5.56 Å². The van der Waals surface area contributed by atoms with E-state index in [0.29, 0.717) is 23.8 Å². The molecule has 3 aromatic rings. The van der Waals surface area contributed by atoms with E-state index in [9.17, 15) is 0 Å². The van der Waals surface area contributed by atoms with Crippen LogP contribution in [0.25, 0.3) is 10.8 Å². The Morgan fingerprint density at radius 1 is 0.864 bits per heavy atom. The van der Waals surface area contributed by atoms with Crippen molar-refractivity contribution in [3.05, 3.63) is 71.8 Å². The van der Waals surface area contributed by atoms with Crippen LogP contribution < -0.4 is 17.2 Å². The van der Waals surface area contributed by atoms with Gasteiger partial charge in [-0.3, -0.25) is 4.99 Å². The quantitative estimate of drug-likeness (QED) is 0.393. The highest BCUT2D eigenvalue weighted by Crippen LogP contribution is 2.20. The van der Waals surface area contributed by atoms with Gasteiger partial charge in [-0.2, -0.15) is 0 Å². The number of hydrogen-bond donors (Lipinski definition) is 3. The van der Waals surface area contributed by atoms with Crippen molar-refractivity contribution in [2.24, 2.45) is 10.7 Å². The van der Waals surface area contributed by atoms with Gasteiger partial charge in [0.15, 0.2) is 0 Å². The Bertz CT molecular complexity index is 847. The van der Waals surface area contributed by atoms with Gasteiger partial charge in [-0.25, -0.2) is 0 Å². The molecular formula is C18H18N4. The number of nitrogen functional groups attached to an aromatic ring is 2.